The molecule has 1 rings (SSSR count). The molecule has 0 bridgehead atoms. The fourth-order valence-electron chi connectivity index (χ4n) is 1.67. The van der Waals surface area contributed by atoms with Gasteiger partial charge in [0.2, 0.25) is 0 Å². The normalized spacial score (nSPS) is 24.9. The van der Waals surface area contributed by atoms with Crippen molar-refractivity contribution in [1.29, 1.82) is 0 Å². The maximum Gasteiger partial charge on any atom is 0.330 e. The summed E-state index contributed by atoms with van der Waals surface area (Å²) < 4.78 is 0. The van der Waals surface area contributed by atoms with Gasteiger partial charge in [-0.3, -0.25) is 10.3 Å². The minimum atomic E-state index is -0.749. The van der Waals surface area contributed by atoms with Crippen LogP contribution in [0.2, 0.25) is 0 Å². The van der Waals surface area contributed by atoms with Crippen LogP contribution in [0.15, 0.2) is 0 Å². The third kappa shape index (κ3) is 2.72. The molecule has 9 heteroatoms. The van der Waals surface area contributed by atoms with E-state index in [0.717, 1.165) is 10.0 Å². The molecule has 1 heterocycles. The molecule has 4 amide bonds. The van der Waals surface area contributed by atoms with Crippen LogP contribution in [0.5, 0.6) is 0 Å². The molecule has 0 saturated carbocycles. The molecule has 1 fully saturated rings. The molecule has 0 radical (unpaired) electrons. The van der Waals surface area contributed by atoms with Crippen LogP contribution in [-0.4, -0.2) is 40.8 Å². The first-order valence-electron chi connectivity index (χ1n) is 4.83. The maximum atomic E-state index is 10.9. The summed E-state index contributed by atoms with van der Waals surface area (Å²) >= 11 is 0. The first kappa shape index (κ1) is 12.5. The Morgan fingerprint density at radius 3 is 2.19 bits per heavy atom. The van der Waals surface area contributed by atoms with E-state index in [1.54, 1.807) is 0 Å². The van der Waals surface area contributed by atoms with E-state index in [0.29, 0.717) is 19.4 Å². The van der Waals surface area contributed by atoms with Crippen LogP contribution < -0.4 is 28.5 Å². The number of hydrazine groups is 2. The molecule has 92 valence electrons. The highest BCUT2D eigenvalue weighted by Gasteiger charge is 2.30. The van der Waals surface area contributed by atoms with E-state index >= 15 is 0 Å². The fraction of sp³-hybridized carbons (Fsp3) is 0.714. The summed E-state index contributed by atoms with van der Waals surface area (Å²) in [7, 11) is 0. The topological polar surface area (TPSA) is 157 Å². The number of hydrogen-bond acceptors (Lipinski definition) is 5. The SMILES string of the molecule is NC(=O)N(N)C1CCNC(N(N)C(N)=O)C1. The Morgan fingerprint density at radius 2 is 1.69 bits per heavy atom. The first-order chi connectivity index (χ1) is 7.43. The molecule has 2 unspecified atom stereocenters. The molecule has 1 saturated heterocycles. The van der Waals surface area contributed by atoms with Crippen molar-refractivity contribution in [2.45, 2.75) is 25.0 Å². The summed E-state index contributed by atoms with van der Waals surface area (Å²) in [5.74, 6) is 10.9. The summed E-state index contributed by atoms with van der Waals surface area (Å²) in [5, 5.41) is 4.81. The van der Waals surface area contributed by atoms with Gasteiger partial charge < -0.3 is 11.5 Å². The second kappa shape index (κ2) is 4.96. The quantitative estimate of drug-likeness (QED) is 0.203. The monoisotopic (exact) mass is 231 g/mol. The predicted octanol–water partition coefficient (Wildman–Crippen LogP) is -2.43. The molecule has 0 spiro atoms. The highest BCUT2D eigenvalue weighted by Crippen LogP contribution is 2.14. The van der Waals surface area contributed by atoms with Crippen molar-refractivity contribution in [3.05, 3.63) is 0 Å². The first-order valence-corrected chi connectivity index (χ1v) is 4.83. The van der Waals surface area contributed by atoms with Gasteiger partial charge in [0, 0.05) is 6.42 Å². The van der Waals surface area contributed by atoms with Crippen LogP contribution in [0.1, 0.15) is 12.8 Å². The number of hydrogen-bond donors (Lipinski definition) is 5. The number of carbonyl (C=O) groups is 2. The summed E-state index contributed by atoms with van der Waals surface area (Å²) in [4.78, 5) is 21.7. The highest BCUT2D eigenvalue weighted by molar-refractivity contribution is 5.72. The van der Waals surface area contributed by atoms with Crippen molar-refractivity contribution in [1.82, 2.24) is 15.3 Å². The zero-order valence-electron chi connectivity index (χ0n) is 8.80. The molecule has 0 aromatic carbocycles. The van der Waals surface area contributed by atoms with E-state index in [-0.39, 0.29) is 6.04 Å². The van der Waals surface area contributed by atoms with E-state index in [4.69, 9.17) is 23.2 Å². The van der Waals surface area contributed by atoms with Gasteiger partial charge in [0.25, 0.3) is 0 Å². The Balaban J connectivity index is 2.60. The van der Waals surface area contributed by atoms with Crippen LogP contribution in [0.4, 0.5) is 9.59 Å². The van der Waals surface area contributed by atoms with E-state index in [1.807, 2.05) is 0 Å². The summed E-state index contributed by atoms with van der Waals surface area (Å²) in [6.07, 6.45) is 0.586. The molecule has 2 atom stereocenters. The van der Waals surface area contributed by atoms with E-state index in [2.05, 4.69) is 5.32 Å². The number of primary amides is 2. The number of nitrogens with zero attached hydrogens (tertiary/aromatic N) is 2. The zero-order valence-corrected chi connectivity index (χ0v) is 8.80. The van der Waals surface area contributed by atoms with Crippen molar-refractivity contribution in [2.24, 2.45) is 23.2 Å². The van der Waals surface area contributed by atoms with Crippen LogP contribution in [0.3, 0.4) is 0 Å². The lowest BCUT2D eigenvalue weighted by Crippen LogP contribution is -2.62. The van der Waals surface area contributed by atoms with Crippen LogP contribution in [-0.2, 0) is 0 Å². The van der Waals surface area contributed by atoms with Gasteiger partial charge in [-0.25, -0.2) is 26.3 Å². The number of rotatable bonds is 2. The van der Waals surface area contributed by atoms with Crippen molar-refractivity contribution in [3.63, 3.8) is 0 Å². The van der Waals surface area contributed by atoms with Gasteiger partial charge in [0.15, 0.2) is 0 Å². The second-order valence-corrected chi connectivity index (χ2v) is 3.64. The Labute approximate surface area is 92.6 Å². The van der Waals surface area contributed by atoms with E-state index in [9.17, 15) is 9.59 Å². The van der Waals surface area contributed by atoms with Gasteiger partial charge in [-0.05, 0) is 13.0 Å². The molecule has 0 aromatic heterocycles. The average Bonchev–Trinajstić information content (AvgIpc) is 2.26. The highest BCUT2D eigenvalue weighted by atomic mass is 16.2. The molecule has 0 aromatic rings. The second-order valence-electron chi connectivity index (χ2n) is 3.64. The third-order valence-corrected chi connectivity index (χ3v) is 2.59. The molecule has 0 aliphatic carbocycles. The lowest BCUT2D eigenvalue weighted by atomic mass is 10.0. The molecular formula is C7H17N7O2. The lowest BCUT2D eigenvalue weighted by Gasteiger charge is -2.37. The third-order valence-electron chi connectivity index (χ3n) is 2.59. The van der Waals surface area contributed by atoms with Crippen molar-refractivity contribution < 1.29 is 9.59 Å². The number of nitrogens with two attached hydrogens (primary N) is 4. The number of urea groups is 2. The molecule has 1 aliphatic heterocycles. The summed E-state index contributed by atoms with van der Waals surface area (Å²) in [6.45, 7) is 0.567. The Kier molecular flexibility index (Phi) is 3.88. The average molecular weight is 231 g/mol. The predicted molar refractivity (Wildman–Crippen MR) is 56.0 cm³/mol. The molecule has 9 nitrogen and oxygen atoms in total. The van der Waals surface area contributed by atoms with Gasteiger partial charge in [0.05, 0.1) is 6.04 Å². The Hall–Kier alpha value is -1.58. The van der Waals surface area contributed by atoms with Crippen molar-refractivity contribution in [3.8, 4) is 0 Å². The van der Waals surface area contributed by atoms with Gasteiger partial charge in [-0.1, -0.05) is 0 Å². The van der Waals surface area contributed by atoms with Gasteiger partial charge in [-0.15, -0.1) is 0 Å². The van der Waals surface area contributed by atoms with Crippen molar-refractivity contribution >= 4 is 12.1 Å². The van der Waals surface area contributed by atoms with E-state index < -0.39 is 18.2 Å². The summed E-state index contributed by atoms with van der Waals surface area (Å²) in [6, 6.07) is -1.72. The number of carbonyl (C=O) groups excluding carboxylic acids is 2. The number of nitrogens with one attached hydrogen (secondary N) is 1. The van der Waals surface area contributed by atoms with Crippen LogP contribution in [0.25, 0.3) is 0 Å². The lowest BCUT2D eigenvalue weighted by molar-refractivity contribution is 0.105. The molecule has 1 aliphatic rings. The van der Waals surface area contributed by atoms with Gasteiger partial charge >= 0.3 is 12.1 Å². The Bertz CT molecular complexity index is 258. The minimum absolute atomic E-state index is 0.255. The number of piperidine rings is 1. The maximum absolute atomic E-state index is 10.9. The van der Waals surface area contributed by atoms with Gasteiger partial charge in [-0.2, -0.15) is 0 Å². The van der Waals surface area contributed by atoms with E-state index in [1.165, 1.54) is 0 Å². The largest absolute Gasteiger partial charge is 0.350 e. The van der Waals surface area contributed by atoms with Gasteiger partial charge in [0.1, 0.15) is 6.17 Å². The number of amides is 4. The molecule has 16 heavy (non-hydrogen) atoms. The Morgan fingerprint density at radius 1 is 1.12 bits per heavy atom. The van der Waals surface area contributed by atoms with Crippen LogP contribution in [0, 0.1) is 0 Å². The fourth-order valence-corrected chi connectivity index (χ4v) is 1.67. The van der Waals surface area contributed by atoms with Crippen LogP contribution >= 0.6 is 0 Å². The standard InChI is InChI=1S/C7H17N7O2/c8-6(15)13(10)4-1-2-12-5(3-4)14(11)7(9)16/h4-5,12H,1-3,10-11H2,(H2,8,15)(H2,9,16). The zero-order chi connectivity index (χ0) is 12.3. The molecular weight excluding hydrogens is 214 g/mol. The minimum Gasteiger partial charge on any atom is -0.350 e. The van der Waals surface area contributed by atoms with Crippen molar-refractivity contribution in [2.75, 3.05) is 6.54 Å². The summed E-state index contributed by atoms with van der Waals surface area (Å²) in [5.41, 5.74) is 10.1. The molecule has 9 N–H and O–H groups in total. The smallest absolute Gasteiger partial charge is 0.330 e.